The van der Waals surface area contributed by atoms with E-state index in [1.807, 2.05) is 0 Å². The van der Waals surface area contributed by atoms with Gasteiger partial charge in [-0.3, -0.25) is 9.48 Å². The minimum Gasteiger partial charge on any atom is -0.497 e. The van der Waals surface area contributed by atoms with Crippen LogP contribution in [0.25, 0.3) is 0 Å². The van der Waals surface area contributed by atoms with Gasteiger partial charge in [0, 0.05) is 30.6 Å². The van der Waals surface area contributed by atoms with Crippen LogP contribution in [0.4, 0.5) is 5.69 Å². The Morgan fingerprint density at radius 2 is 2.18 bits per heavy atom. The van der Waals surface area contributed by atoms with Crippen molar-refractivity contribution < 1.29 is 9.53 Å². The summed E-state index contributed by atoms with van der Waals surface area (Å²) in [4.78, 5) is 12.1. The zero-order valence-electron chi connectivity index (χ0n) is 9.68. The van der Waals surface area contributed by atoms with Crippen molar-refractivity contribution >= 4 is 11.5 Å². The van der Waals surface area contributed by atoms with Crippen LogP contribution in [0.5, 0.6) is 5.75 Å². The first-order chi connectivity index (χ1) is 8.11. The highest BCUT2D eigenvalue weighted by Gasteiger charge is 2.15. The number of benzene rings is 1. The van der Waals surface area contributed by atoms with E-state index in [9.17, 15) is 4.79 Å². The van der Waals surface area contributed by atoms with Crippen molar-refractivity contribution in [1.82, 2.24) is 9.78 Å². The highest BCUT2D eigenvalue weighted by atomic mass is 16.5. The molecule has 0 atom stereocenters. The molecular formula is C12H13N3O2. The zero-order valence-corrected chi connectivity index (χ0v) is 9.68. The topological polar surface area (TPSA) is 70.1 Å². The Morgan fingerprint density at radius 3 is 2.71 bits per heavy atom. The van der Waals surface area contributed by atoms with E-state index in [4.69, 9.17) is 10.5 Å². The molecule has 1 heterocycles. The van der Waals surface area contributed by atoms with Gasteiger partial charge in [-0.2, -0.15) is 5.10 Å². The van der Waals surface area contributed by atoms with Crippen LogP contribution in [0.2, 0.25) is 0 Å². The maximum absolute atomic E-state index is 12.1. The summed E-state index contributed by atoms with van der Waals surface area (Å²) >= 11 is 0. The summed E-state index contributed by atoms with van der Waals surface area (Å²) < 4.78 is 6.60. The van der Waals surface area contributed by atoms with Crippen molar-refractivity contribution in [3.8, 4) is 5.75 Å². The number of nitrogen functional groups attached to an aromatic ring is 1. The number of hydrogen-bond acceptors (Lipinski definition) is 4. The van der Waals surface area contributed by atoms with Gasteiger partial charge in [0.2, 0.25) is 5.78 Å². The average Bonchev–Trinajstić information content (AvgIpc) is 2.75. The molecule has 88 valence electrons. The normalized spacial score (nSPS) is 10.2. The number of nitrogens with zero attached hydrogens (tertiary/aromatic N) is 2. The number of anilines is 1. The van der Waals surface area contributed by atoms with Crippen molar-refractivity contribution in [1.29, 1.82) is 0 Å². The minimum atomic E-state index is -0.189. The third kappa shape index (κ3) is 2.13. The van der Waals surface area contributed by atoms with Crippen LogP contribution in [-0.2, 0) is 7.05 Å². The van der Waals surface area contributed by atoms with E-state index in [0.29, 0.717) is 22.7 Å². The first-order valence-electron chi connectivity index (χ1n) is 5.09. The van der Waals surface area contributed by atoms with Crippen LogP contribution in [0, 0.1) is 0 Å². The lowest BCUT2D eigenvalue weighted by Crippen LogP contribution is -2.07. The van der Waals surface area contributed by atoms with E-state index >= 15 is 0 Å². The largest absolute Gasteiger partial charge is 0.497 e. The predicted molar refractivity (Wildman–Crippen MR) is 64.0 cm³/mol. The summed E-state index contributed by atoms with van der Waals surface area (Å²) in [5.41, 5.74) is 7.01. The molecule has 0 saturated carbocycles. The van der Waals surface area contributed by atoms with Gasteiger partial charge >= 0.3 is 0 Å². The van der Waals surface area contributed by atoms with Crippen molar-refractivity contribution in [3.05, 3.63) is 41.7 Å². The van der Waals surface area contributed by atoms with Gasteiger partial charge < -0.3 is 10.5 Å². The summed E-state index contributed by atoms with van der Waals surface area (Å²) in [6.07, 6.45) is 1.72. The van der Waals surface area contributed by atoms with Crippen LogP contribution >= 0.6 is 0 Å². The number of aromatic nitrogens is 2. The van der Waals surface area contributed by atoms with Gasteiger partial charge in [-0.1, -0.05) is 0 Å². The van der Waals surface area contributed by atoms with E-state index < -0.39 is 0 Å². The Balaban J connectivity index is 2.37. The van der Waals surface area contributed by atoms with Crippen LogP contribution in [0.1, 0.15) is 16.1 Å². The molecule has 2 aromatic rings. The molecule has 0 saturated heterocycles. The molecule has 0 unspecified atom stereocenters. The second-order valence-electron chi connectivity index (χ2n) is 3.66. The van der Waals surface area contributed by atoms with Gasteiger partial charge in [0.25, 0.3) is 0 Å². The molecule has 5 nitrogen and oxygen atoms in total. The maximum Gasteiger partial charge on any atom is 0.215 e. The Morgan fingerprint density at radius 1 is 1.41 bits per heavy atom. The number of ketones is 1. The first kappa shape index (κ1) is 11.2. The van der Waals surface area contributed by atoms with Gasteiger partial charge in [0.15, 0.2) is 0 Å². The number of aryl methyl sites for hydroxylation is 1. The number of carbonyl (C=O) groups is 1. The summed E-state index contributed by atoms with van der Waals surface area (Å²) in [5.74, 6) is 0.436. The highest BCUT2D eigenvalue weighted by Crippen LogP contribution is 2.21. The number of nitrogens with two attached hydrogens (primary N) is 1. The Hall–Kier alpha value is -2.30. The van der Waals surface area contributed by atoms with E-state index in [1.165, 1.54) is 0 Å². The Labute approximate surface area is 98.8 Å². The fraction of sp³-hybridized carbons (Fsp3) is 0.167. The third-order valence-corrected chi connectivity index (χ3v) is 2.45. The molecule has 0 aliphatic rings. The summed E-state index contributed by atoms with van der Waals surface area (Å²) in [5, 5.41) is 4.05. The van der Waals surface area contributed by atoms with Crippen molar-refractivity contribution in [2.24, 2.45) is 7.05 Å². The summed E-state index contributed by atoms with van der Waals surface area (Å²) in [6, 6.07) is 6.62. The molecule has 0 aliphatic carbocycles. The van der Waals surface area contributed by atoms with Crippen molar-refractivity contribution in [2.45, 2.75) is 0 Å². The molecule has 1 aromatic carbocycles. The summed E-state index contributed by atoms with van der Waals surface area (Å²) in [7, 11) is 3.31. The van der Waals surface area contributed by atoms with E-state index in [2.05, 4.69) is 5.10 Å². The number of methoxy groups -OCH3 is 1. The second-order valence-corrected chi connectivity index (χ2v) is 3.66. The lowest BCUT2D eigenvalue weighted by molar-refractivity contribution is 0.103. The van der Waals surface area contributed by atoms with Crippen LogP contribution in [0.3, 0.4) is 0 Å². The monoisotopic (exact) mass is 231 g/mol. The molecule has 2 rings (SSSR count). The predicted octanol–water partition coefficient (Wildman–Crippen LogP) is 1.24. The number of hydrogen-bond donors (Lipinski definition) is 1. The molecule has 17 heavy (non-hydrogen) atoms. The van der Waals surface area contributed by atoms with Gasteiger partial charge in [-0.15, -0.1) is 0 Å². The van der Waals surface area contributed by atoms with Crippen LogP contribution in [-0.4, -0.2) is 22.7 Å². The second kappa shape index (κ2) is 4.29. The standard InChI is InChI=1S/C12H13N3O2/c1-15-6-5-11(14-15)12(16)9-4-3-8(17-2)7-10(9)13/h3-7H,13H2,1-2H3. The fourth-order valence-electron chi connectivity index (χ4n) is 1.55. The Bertz CT molecular complexity index is 561. The lowest BCUT2D eigenvalue weighted by Gasteiger charge is -2.05. The molecule has 0 radical (unpaired) electrons. The van der Waals surface area contributed by atoms with E-state index in [0.717, 1.165) is 0 Å². The number of ether oxygens (including phenoxy) is 1. The van der Waals surface area contributed by atoms with Crippen LogP contribution < -0.4 is 10.5 Å². The molecule has 0 spiro atoms. The fourth-order valence-corrected chi connectivity index (χ4v) is 1.55. The van der Waals surface area contributed by atoms with Gasteiger partial charge in [0.05, 0.1) is 7.11 Å². The smallest absolute Gasteiger partial charge is 0.215 e. The molecule has 0 amide bonds. The quantitative estimate of drug-likeness (QED) is 0.637. The van der Waals surface area contributed by atoms with Crippen molar-refractivity contribution in [2.75, 3.05) is 12.8 Å². The number of carbonyl (C=O) groups excluding carboxylic acids is 1. The SMILES string of the molecule is COc1ccc(C(=O)c2ccn(C)n2)c(N)c1. The Kier molecular flexibility index (Phi) is 2.82. The van der Waals surface area contributed by atoms with E-state index in [1.54, 1.807) is 49.3 Å². The van der Waals surface area contributed by atoms with Crippen LogP contribution in [0.15, 0.2) is 30.5 Å². The highest BCUT2D eigenvalue weighted by molar-refractivity contribution is 6.11. The molecule has 0 fully saturated rings. The lowest BCUT2D eigenvalue weighted by atomic mass is 10.1. The van der Waals surface area contributed by atoms with Gasteiger partial charge in [-0.25, -0.2) is 0 Å². The molecule has 5 heteroatoms. The molecule has 0 bridgehead atoms. The first-order valence-corrected chi connectivity index (χ1v) is 5.09. The minimum absolute atomic E-state index is 0.189. The summed E-state index contributed by atoms with van der Waals surface area (Å²) in [6.45, 7) is 0. The van der Waals surface area contributed by atoms with E-state index in [-0.39, 0.29) is 5.78 Å². The molecule has 2 N–H and O–H groups in total. The van der Waals surface area contributed by atoms with Gasteiger partial charge in [0.1, 0.15) is 11.4 Å². The average molecular weight is 231 g/mol. The van der Waals surface area contributed by atoms with Crippen molar-refractivity contribution in [3.63, 3.8) is 0 Å². The zero-order chi connectivity index (χ0) is 12.4. The maximum atomic E-state index is 12.1. The molecule has 0 aliphatic heterocycles. The van der Waals surface area contributed by atoms with Gasteiger partial charge in [-0.05, 0) is 18.2 Å². The number of rotatable bonds is 3. The molecule has 1 aromatic heterocycles. The third-order valence-electron chi connectivity index (χ3n) is 2.45. The molecular weight excluding hydrogens is 218 g/mol.